The maximum absolute atomic E-state index is 11.3. The lowest BCUT2D eigenvalue weighted by Gasteiger charge is -2.21. The highest BCUT2D eigenvalue weighted by Gasteiger charge is 2.20. The molecule has 93 valence electrons. The first-order valence-electron chi connectivity index (χ1n) is 4.92. The average molecular weight is 248 g/mol. The summed E-state index contributed by atoms with van der Waals surface area (Å²) in [5, 5.41) is 2.36. The highest BCUT2D eigenvalue weighted by molar-refractivity contribution is 7.90. The van der Waals surface area contributed by atoms with Gasteiger partial charge in [0, 0.05) is 6.42 Å². The van der Waals surface area contributed by atoms with Crippen LogP contribution >= 0.6 is 0 Å². The molecule has 1 amide bonds. The van der Waals surface area contributed by atoms with Crippen LogP contribution < -0.4 is 5.32 Å². The summed E-state index contributed by atoms with van der Waals surface area (Å²) in [6.07, 6.45) is 2.85. The number of carbonyl (C=O) groups excluding carboxylic acids is 2. The van der Waals surface area contributed by atoms with Gasteiger partial charge < -0.3 is 14.6 Å². The molecule has 0 heterocycles. The molecule has 16 heavy (non-hydrogen) atoms. The van der Waals surface area contributed by atoms with Gasteiger partial charge in [-0.25, -0.2) is 4.79 Å². The smallest absolute Gasteiger partial charge is 0.408 e. The molecule has 0 saturated carbocycles. The molecule has 0 saturated heterocycles. The van der Waals surface area contributed by atoms with E-state index in [1.807, 2.05) is 0 Å². The number of nitrogens with one attached hydrogen (secondary N) is 1. The molecule has 0 aliphatic heterocycles. The fourth-order valence-corrected chi connectivity index (χ4v) is 1.46. The fraction of sp³-hybridized carbons (Fsp3) is 0.800. The molecule has 0 aliphatic rings. The molecule has 0 fully saturated rings. The largest absolute Gasteiger partial charge is 0.617 e. The average Bonchev–Trinajstić information content (AvgIpc) is 2.08. The van der Waals surface area contributed by atoms with E-state index in [9.17, 15) is 14.1 Å². The molecule has 0 aromatic rings. The van der Waals surface area contributed by atoms with E-state index in [0.717, 1.165) is 0 Å². The van der Waals surface area contributed by atoms with Crippen LogP contribution in [0.3, 0.4) is 0 Å². The van der Waals surface area contributed by atoms with Crippen molar-refractivity contribution >= 4 is 23.6 Å². The van der Waals surface area contributed by atoms with Crippen LogP contribution in [0.15, 0.2) is 0 Å². The first-order valence-corrected chi connectivity index (χ1v) is 6.64. The zero-order valence-electron chi connectivity index (χ0n) is 10.0. The van der Waals surface area contributed by atoms with Gasteiger partial charge in [-0.05, 0) is 20.8 Å². The minimum atomic E-state index is -0.993. The van der Waals surface area contributed by atoms with Crippen molar-refractivity contribution in [2.45, 2.75) is 38.8 Å². The summed E-state index contributed by atoms with van der Waals surface area (Å²) in [7, 11) is 0. The first-order chi connectivity index (χ1) is 7.24. The van der Waals surface area contributed by atoms with Crippen molar-refractivity contribution in [1.82, 2.24) is 5.32 Å². The third-order valence-corrected chi connectivity index (χ3v) is 2.34. The van der Waals surface area contributed by atoms with Crippen LogP contribution in [0.2, 0.25) is 0 Å². The first kappa shape index (κ1) is 15.2. The Kier molecular flexibility index (Phi) is 6.43. The quantitative estimate of drug-likeness (QED) is 0.728. The molecule has 0 spiro atoms. The third-order valence-electron chi connectivity index (χ3n) is 1.53. The summed E-state index contributed by atoms with van der Waals surface area (Å²) in [5.74, 6) is 0.343. The Morgan fingerprint density at radius 2 is 2.12 bits per heavy atom. The third kappa shape index (κ3) is 8.55. The second-order valence-corrected chi connectivity index (χ2v) is 5.94. The lowest BCUT2D eigenvalue weighted by Crippen LogP contribution is -2.40. The minimum absolute atomic E-state index is 0.297. The van der Waals surface area contributed by atoms with Crippen LogP contribution in [0.25, 0.3) is 0 Å². The van der Waals surface area contributed by atoms with Crippen LogP contribution in [0.1, 0.15) is 27.2 Å². The topological polar surface area (TPSA) is 78.5 Å². The Balaban J connectivity index is 4.02. The predicted octanol–water partition coefficient (Wildman–Crippen LogP) is 0.758. The Bertz CT molecular complexity index is 237. The summed E-state index contributed by atoms with van der Waals surface area (Å²) < 4.78 is 15.8. The standard InChI is InChI=1S/C10H18NO4S/c1-10(2,3)15-9(13)11-8(7-12)5-6-16(4)14/h8H,5-6H2,1-4H3,(H,11,13). The molecule has 6 heteroatoms. The van der Waals surface area contributed by atoms with E-state index in [1.165, 1.54) is 6.26 Å². The molecule has 1 radical (unpaired) electrons. The van der Waals surface area contributed by atoms with Gasteiger partial charge in [0.25, 0.3) is 0 Å². The van der Waals surface area contributed by atoms with E-state index < -0.39 is 28.9 Å². The zero-order valence-corrected chi connectivity index (χ0v) is 10.8. The van der Waals surface area contributed by atoms with E-state index in [0.29, 0.717) is 12.2 Å². The second-order valence-electron chi connectivity index (χ2n) is 4.38. The lowest BCUT2D eigenvalue weighted by molar-refractivity contribution is 0.0516. The number of rotatable bonds is 5. The molecule has 2 unspecified atom stereocenters. The van der Waals surface area contributed by atoms with Gasteiger partial charge in [-0.3, -0.25) is 4.79 Å². The second kappa shape index (κ2) is 6.75. The maximum Gasteiger partial charge on any atom is 0.408 e. The Morgan fingerprint density at radius 1 is 1.56 bits per heavy atom. The monoisotopic (exact) mass is 248 g/mol. The fourth-order valence-electron chi connectivity index (χ4n) is 0.894. The van der Waals surface area contributed by atoms with Crippen LogP contribution in [-0.4, -0.2) is 40.6 Å². The molecule has 1 N–H and O–H groups in total. The summed E-state index contributed by atoms with van der Waals surface area (Å²) in [4.78, 5) is 21.8. The van der Waals surface area contributed by atoms with Crippen LogP contribution in [0, 0.1) is 0 Å². The highest BCUT2D eigenvalue weighted by Crippen LogP contribution is 2.07. The van der Waals surface area contributed by atoms with Crippen molar-refractivity contribution < 1.29 is 18.9 Å². The number of ether oxygens (including phenoxy) is 1. The highest BCUT2D eigenvalue weighted by atomic mass is 32.2. The van der Waals surface area contributed by atoms with Crippen molar-refractivity contribution in [1.29, 1.82) is 0 Å². The van der Waals surface area contributed by atoms with Gasteiger partial charge in [0.05, 0.1) is 6.26 Å². The van der Waals surface area contributed by atoms with E-state index >= 15 is 0 Å². The van der Waals surface area contributed by atoms with Gasteiger partial charge in [-0.15, -0.1) is 0 Å². The normalized spacial score (nSPS) is 15.1. The van der Waals surface area contributed by atoms with Gasteiger partial charge >= 0.3 is 6.09 Å². The minimum Gasteiger partial charge on any atom is -0.617 e. The van der Waals surface area contributed by atoms with E-state index in [2.05, 4.69) is 5.32 Å². The van der Waals surface area contributed by atoms with Gasteiger partial charge in [-0.2, -0.15) is 0 Å². The van der Waals surface area contributed by atoms with Crippen molar-refractivity contribution in [2.75, 3.05) is 12.0 Å². The summed E-state index contributed by atoms with van der Waals surface area (Å²) >= 11 is -0.993. The number of alkyl carbamates (subject to hydrolysis) is 1. The van der Waals surface area contributed by atoms with Crippen molar-refractivity contribution in [3.8, 4) is 0 Å². The van der Waals surface area contributed by atoms with Crippen LogP contribution in [0.5, 0.6) is 0 Å². The SMILES string of the molecule is C[S+]([O-])CCC([C]=O)NC(=O)OC(C)(C)C. The van der Waals surface area contributed by atoms with Gasteiger partial charge in [0.1, 0.15) is 17.4 Å². The predicted molar refractivity (Wildman–Crippen MR) is 62.4 cm³/mol. The summed E-state index contributed by atoms with van der Waals surface area (Å²) in [6.45, 7) is 5.19. The molecule has 5 nitrogen and oxygen atoms in total. The molecule has 0 bridgehead atoms. The van der Waals surface area contributed by atoms with E-state index in [-0.39, 0.29) is 0 Å². The van der Waals surface area contributed by atoms with Crippen molar-refractivity contribution in [3.63, 3.8) is 0 Å². The molecule has 0 aromatic heterocycles. The lowest BCUT2D eigenvalue weighted by atomic mass is 10.2. The Labute approximate surface area is 99.1 Å². The number of amides is 1. The number of hydrogen-bond donors (Lipinski definition) is 1. The summed E-state index contributed by atoms with van der Waals surface area (Å²) in [5.41, 5.74) is -0.606. The molecule has 0 aromatic carbocycles. The van der Waals surface area contributed by atoms with Crippen LogP contribution in [0.4, 0.5) is 4.79 Å². The van der Waals surface area contributed by atoms with Crippen LogP contribution in [-0.2, 0) is 20.7 Å². The number of carbonyl (C=O) groups is 1. The molecule has 2 atom stereocenters. The van der Waals surface area contributed by atoms with Gasteiger partial charge in [0.2, 0.25) is 6.29 Å². The Hall–Kier alpha value is -0.750. The van der Waals surface area contributed by atoms with Crippen molar-refractivity contribution in [3.05, 3.63) is 0 Å². The molecular formula is C10H18NO4S. The van der Waals surface area contributed by atoms with Gasteiger partial charge in [0.15, 0.2) is 0 Å². The number of hydrogen-bond acceptors (Lipinski definition) is 4. The maximum atomic E-state index is 11.3. The molecular weight excluding hydrogens is 230 g/mol. The molecule has 0 aliphatic carbocycles. The summed E-state index contributed by atoms with van der Waals surface area (Å²) in [6, 6.07) is -0.765. The van der Waals surface area contributed by atoms with Crippen molar-refractivity contribution in [2.24, 2.45) is 0 Å². The van der Waals surface area contributed by atoms with E-state index in [1.54, 1.807) is 27.1 Å². The molecule has 0 rings (SSSR count). The Morgan fingerprint density at radius 3 is 2.50 bits per heavy atom. The van der Waals surface area contributed by atoms with E-state index in [4.69, 9.17) is 4.74 Å². The van der Waals surface area contributed by atoms with Gasteiger partial charge in [-0.1, -0.05) is 11.2 Å². The zero-order chi connectivity index (χ0) is 12.8.